The fourth-order valence-corrected chi connectivity index (χ4v) is 6.07. The van der Waals surface area contributed by atoms with Crippen LogP contribution in [0.4, 0.5) is 0 Å². The van der Waals surface area contributed by atoms with E-state index in [9.17, 15) is 33.6 Å². The number of ether oxygens (including phenoxy) is 6. The zero-order chi connectivity index (χ0) is 47.9. The van der Waals surface area contributed by atoms with Crippen molar-refractivity contribution in [1.29, 1.82) is 0 Å². The molecule has 0 aromatic carbocycles. The first-order valence-corrected chi connectivity index (χ1v) is 23.4. The van der Waals surface area contributed by atoms with Gasteiger partial charge < -0.3 is 54.8 Å². The molecule has 18 heteroatoms. The van der Waals surface area contributed by atoms with E-state index in [2.05, 4.69) is 21.3 Å². The van der Waals surface area contributed by atoms with Crippen LogP contribution in [0.25, 0.3) is 0 Å². The van der Waals surface area contributed by atoms with Crippen molar-refractivity contribution in [3.8, 4) is 0 Å². The number of nitrogens with one attached hydrogen (secondary N) is 4. The number of carboxylic acids is 1. The Bertz CT molecular complexity index is 1300. The second-order valence-corrected chi connectivity index (χ2v) is 17.8. The third kappa shape index (κ3) is 43.4. The van der Waals surface area contributed by atoms with Crippen molar-refractivity contribution in [3.63, 3.8) is 0 Å². The molecule has 4 amide bonds. The number of hydrogen-bond acceptors (Lipinski definition) is 13. The summed E-state index contributed by atoms with van der Waals surface area (Å²) in [4.78, 5) is 84.3. The van der Waals surface area contributed by atoms with Gasteiger partial charge in [-0.25, -0.2) is 9.59 Å². The highest BCUT2D eigenvalue weighted by atomic mass is 16.6. The highest BCUT2D eigenvalue weighted by Crippen LogP contribution is 2.16. The van der Waals surface area contributed by atoms with Gasteiger partial charge in [0.2, 0.25) is 23.6 Å². The summed E-state index contributed by atoms with van der Waals surface area (Å²) in [5.74, 6) is -2.97. The fourth-order valence-electron chi connectivity index (χ4n) is 6.07. The van der Waals surface area contributed by atoms with Crippen molar-refractivity contribution in [2.45, 2.75) is 181 Å². The molecule has 1 atom stereocenters. The van der Waals surface area contributed by atoms with Gasteiger partial charge in [0.1, 0.15) is 30.5 Å². The van der Waals surface area contributed by atoms with Gasteiger partial charge in [0, 0.05) is 45.3 Å². The van der Waals surface area contributed by atoms with Crippen LogP contribution in [0.3, 0.4) is 0 Å². The number of hydrogen-bond donors (Lipinski definition) is 5. The zero-order valence-electron chi connectivity index (χ0n) is 40.0. The maximum atomic E-state index is 12.9. The second-order valence-electron chi connectivity index (χ2n) is 17.8. The smallest absolute Gasteiger partial charge is 0.329 e. The summed E-state index contributed by atoms with van der Waals surface area (Å²) in [6.45, 7) is 12.2. The van der Waals surface area contributed by atoms with Crippen molar-refractivity contribution < 1.29 is 67.1 Å². The summed E-state index contributed by atoms with van der Waals surface area (Å²) in [5, 5.41) is 19.2. The quantitative estimate of drug-likeness (QED) is 0.0398. The van der Waals surface area contributed by atoms with E-state index >= 15 is 0 Å². The van der Waals surface area contributed by atoms with Crippen LogP contribution >= 0.6 is 0 Å². The first-order valence-electron chi connectivity index (χ1n) is 23.4. The number of carbonyl (C=O) groups excluding carboxylic acids is 6. The molecule has 0 aromatic rings. The van der Waals surface area contributed by atoms with Gasteiger partial charge in [-0.05, 0) is 60.8 Å². The molecule has 0 heterocycles. The summed E-state index contributed by atoms with van der Waals surface area (Å²) < 4.78 is 31.5. The third-order valence-electron chi connectivity index (χ3n) is 9.16. The molecule has 18 nitrogen and oxygen atoms in total. The topological polar surface area (TPSA) is 243 Å². The first-order chi connectivity index (χ1) is 30.4. The number of unbranched alkanes of at least 4 members (excludes halogenated alkanes) is 13. The molecule has 0 saturated heterocycles. The van der Waals surface area contributed by atoms with Crippen LogP contribution in [0.5, 0.6) is 0 Å². The number of esters is 2. The van der Waals surface area contributed by atoms with Gasteiger partial charge in [-0.1, -0.05) is 77.0 Å². The van der Waals surface area contributed by atoms with Crippen molar-refractivity contribution in [2.75, 3.05) is 72.5 Å². The molecule has 0 aliphatic heterocycles. The van der Waals surface area contributed by atoms with E-state index in [1.165, 1.54) is 44.9 Å². The van der Waals surface area contributed by atoms with Gasteiger partial charge in [0.05, 0.1) is 39.6 Å². The van der Waals surface area contributed by atoms with E-state index in [0.717, 1.165) is 38.5 Å². The van der Waals surface area contributed by atoms with Crippen LogP contribution in [0.15, 0.2) is 0 Å². The van der Waals surface area contributed by atoms with Gasteiger partial charge in [0.25, 0.3) is 0 Å². The molecule has 372 valence electrons. The molecule has 5 N–H and O–H groups in total. The van der Waals surface area contributed by atoms with Crippen LogP contribution in [-0.2, 0) is 62.0 Å². The van der Waals surface area contributed by atoms with Crippen molar-refractivity contribution in [1.82, 2.24) is 21.3 Å². The summed E-state index contributed by atoms with van der Waals surface area (Å²) in [6, 6.07) is -0.969. The molecule has 0 bridgehead atoms. The molecular formula is C46H84N4O14. The predicted octanol–water partition coefficient (Wildman–Crippen LogP) is 5.07. The summed E-state index contributed by atoms with van der Waals surface area (Å²) in [7, 11) is 0. The predicted molar refractivity (Wildman–Crippen MR) is 241 cm³/mol. The summed E-state index contributed by atoms with van der Waals surface area (Å²) >= 11 is 0. The average molecular weight is 917 g/mol. The standard InChI is InChI=1S/C46H84N4O14/c1-45(2,3)63-43(57)22-20-18-16-14-12-10-8-7-9-11-13-15-17-19-21-40(53)50-37(44(58)64-46(4,5)6)23-24-38(51)47-26-25-39(52)48-27-29-59-31-33-61-35-41(54)49-28-30-60-32-34-62-36-42(55)56/h37H,7-36H2,1-6H3,(H,47,51)(H,48,52)(H,49,54)(H,50,53)(H,55,56)/t37-/m0/s1. The monoisotopic (exact) mass is 917 g/mol. The lowest BCUT2D eigenvalue weighted by Gasteiger charge is -2.24. The van der Waals surface area contributed by atoms with Gasteiger partial charge in [-0.15, -0.1) is 0 Å². The van der Waals surface area contributed by atoms with E-state index in [-0.39, 0.29) is 128 Å². The van der Waals surface area contributed by atoms with Gasteiger partial charge in [0.15, 0.2) is 0 Å². The molecule has 0 rings (SSSR count). The van der Waals surface area contributed by atoms with Crippen LogP contribution in [0.2, 0.25) is 0 Å². The molecule has 0 spiro atoms. The lowest BCUT2D eigenvalue weighted by atomic mass is 10.0. The summed E-state index contributed by atoms with van der Waals surface area (Å²) in [6.07, 6.45) is 16.4. The van der Waals surface area contributed by atoms with E-state index in [1.807, 2.05) is 20.8 Å². The number of carbonyl (C=O) groups is 7. The number of amides is 4. The Labute approximate surface area is 382 Å². The minimum absolute atomic E-state index is 0.0391. The Balaban J connectivity index is 4.02. The maximum Gasteiger partial charge on any atom is 0.329 e. The van der Waals surface area contributed by atoms with Crippen molar-refractivity contribution >= 4 is 41.5 Å². The maximum absolute atomic E-state index is 12.9. The van der Waals surface area contributed by atoms with Crippen LogP contribution < -0.4 is 21.3 Å². The van der Waals surface area contributed by atoms with Gasteiger partial charge in [-0.3, -0.25) is 24.0 Å². The van der Waals surface area contributed by atoms with E-state index < -0.39 is 29.2 Å². The minimum atomic E-state index is -1.05. The number of aliphatic carboxylic acids is 1. The Morgan fingerprint density at radius 2 is 0.859 bits per heavy atom. The normalized spacial score (nSPS) is 12.0. The molecule has 0 aliphatic rings. The number of rotatable bonds is 41. The second kappa shape index (κ2) is 38.4. The van der Waals surface area contributed by atoms with Crippen molar-refractivity contribution in [3.05, 3.63) is 0 Å². The molecule has 0 aromatic heterocycles. The molecule has 0 saturated carbocycles. The molecule has 64 heavy (non-hydrogen) atoms. The average Bonchev–Trinajstić information content (AvgIpc) is 3.19. The third-order valence-corrected chi connectivity index (χ3v) is 9.16. The van der Waals surface area contributed by atoms with E-state index in [0.29, 0.717) is 12.8 Å². The van der Waals surface area contributed by atoms with Crippen LogP contribution in [0, 0.1) is 0 Å². The Hall–Kier alpha value is -3.87. The fraction of sp³-hybridized carbons (Fsp3) is 0.848. The Kier molecular flexibility index (Phi) is 36.1. The number of carboxylic acid groups (broad SMARTS) is 1. The van der Waals surface area contributed by atoms with Crippen molar-refractivity contribution in [2.24, 2.45) is 0 Å². The zero-order valence-corrected chi connectivity index (χ0v) is 40.0. The largest absolute Gasteiger partial charge is 0.480 e. The Morgan fingerprint density at radius 3 is 1.36 bits per heavy atom. The molecule has 0 unspecified atom stereocenters. The molecule has 0 radical (unpaired) electrons. The lowest BCUT2D eigenvalue weighted by Crippen LogP contribution is -2.44. The minimum Gasteiger partial charge on any atom is -0.480 e. The Morgan fingerprint density at radius 1 is 0.438 bits per heavy atom. The van der Waals surface area contributed by atoms with Gasteiger partial charge >= 0.3 is 17.9 Å². The highest BCUT2D eigenvalue weighted by Gasteiger charge is 2.27. The SMILES string of the molecule is CC(C)(C)OC(=O)CCCCCCCCCCCCCCCCC(=O)N[C@@H](CCC(=O)NCCC(=O)NCCOCCOCC(=O)NCCOCCOCC(=O)O)C(=O)OC(C)(C)C. The molecular weight excluding hydrogens is 833 g/mol. The molecule has 0 aliphatic carbocycles. The highest BCUT2D eigenvalue weighted by molar-refractivity contribution is 5.85. The van der Waals surface area contributed by atoms with E-state index in [1.54, 1.807) is 20.8 Å². The molecule has 0 fully saturated rings. The van der Waals surface area contributed by atoms with Crippen LogP contribution in [0.1, 0.15) is 164 Å². The lowest BCUT2D eigenvalue weighted by molar-refractivity contribution is -0.159. The van der Waals surface area contributed by atoms with E-state index in [4.69, 9.17) is 33.5 Å². The van der Waals surface area contributed by atoms with Crippen LogP contribution in [-0.4, -0.2) is 136 Å². The van der Waals surface area contributed by atoms with Gasteiger partial charge in [-0.2, -0.15) is 0 Å². The first kappa shape index (κ1) is 60.1. The summed E-state index contributed by atoms with van der Waals surface area (Å²) in [5.41, 5.74) is -1.18.